The minimum Gasteiger partial charge on any atom is -0.462 e. The van der Waals surface area contributed by atoms with Crippen molar-refractivity contribution in [3.63, 3.8) is 0 Å². The highest BCUT2D eigenvalue weighted by atomic mass is 31.2. The van der Waals surface area contributed by atoms with Gasteiger partial charge in [-0.3, -0.25) is 37.3 Å². The summed E-state index contributed by atoms with van der Waals surface area (Å²) >= 11 is 0. The van der Waals surface area contributed by atoms with Gasteiger partial charge in [-0.05, 0) is 37.5 Å². The van der Waals surface area contributed by atoms with Crippen molar-refractivity contribution in [2.45, 2.75) is 362 Å². The molecule has 0 heterocycles. The number of aliphatic hydroxyl groups is 1. The number of phosphoric ester groups is 2. The summed E-state index contributed by atoms with van der Waals surface area (Å²) in [6.45, 7) is 9.50. The van der Waals surface area contributed by atoms with Crippen LogP contribution in [-0.2, 0) is 65.4 Å². The first kappa shape index (κ1) is 85.1. The molecule has 0 amide bonds. The Hall–Kier alpha value is -1.94. The second-order valence-corrected chi connectivity index (χ2v) is 28.2. The van der Waals surface area contributed by atoms with Crippen LogP contribution in [0.5, 0.6) is 0 Å². The predicted octanol–water partition coefficient (Wildman–Crippen LogP) is 19.2. The normalized spacial score (nSPS) is 14.5. The first-order chi connectivity index (χ1) is 41.9. The van der Waals surface area contributed by atoms with Crippen molar-refractivity contribution in [3.05, 3.63) is 0 Å². The second kappa shape index (κ2) is 60.3. The number of ether oxygens (including phenoxy) is 4. The van der Waals surface area contributed by atoms with Gasteiger partial charge in [0.2, 0.25) is 0 Å². The molecule has 0 radical (unpaired) electrons. The van der Waals surface area contributed by atoms with Gasteiger partial charge < -0.3 is 33.8 Å². The quantitative estimate of drug-likeness (QED) is 0.0222. The zero-order chi connectivity index (χ0) is 64.3. The standard InChI is InChI=1S/C68H132O17P2/c1-7-10-12-14-16-18-19-20-21-22-26-34-40-46-52-67(72)84-63(57-79-66(71)51-45-39-33-27-23-25-30-36-42-48-60(4)5)58-82-86(74,75)80-54-62(69)55-81-87(76,77)83-59-64(56-78-65(70)50-44-38-32-24-17-15-13-11-8-2)85-68(73)53-47-41-35-29-28-31-37-43-49-61(6)9-3/h60-64,69H,7-59H2,1-6H3,(H,74,75)(H,76,77)/t61?,62-,63-,64-/m1/s1. The third-order valence-corrected chi connectivity index (χ3v) is 18.0. The summed E-state index contributed by atoms with van der Waals surface area (Å²) < 4.78 is 68.2. The molecule has 0 spiro atoms. The van der Waals surface area contributed by atoms with Crippen LogP contribution in [0, 0.1) is 11.8 Å². The Morgan fingerprint density at radius 1 is 0.333 bits per heavy atom. The molecule has 0 saturated carbocycles. The van der Waals surface area contributed by atoms with Crippen LogP contribution in [0.3, 0.4) is 0 Å². The molecule has 0 aliphatic heterocycles. The molecule has 0 rings (SSSR count). The topological polar surface area (TPSA) is 237 Å². The van der Waals surface area contributed by atoms with E-state index in [0.717, 1.165) is 102 Å². The molecule has 0 bridgehead atoms. The predicted molar refractivity (Wildman–Crippen MR) is 349 cm³/mol. The maximum absolute atomic E-state index is 13.0. The Balaban J connectivity index is 5.25. The molecule has 3 N–H and O–H groups in total. The number of carbonyl (C=O) groups excluding carboxylic acids is 4. The summed E-state index contributed by atoms with van der Waals surface area (Å²) in [7, 11) is -9.89. The van der Waals surface area contributed by atoms with Crippen molar-refractivity contribution in [3.8, 4) is 0 Å². The Morgan fingerprint density at radius 2 is 0.586 bits per heavy atom. The number of aliphatic hydroxyl groups excluding tert-OH is 1. The van der Waals surface area contributed by atoms with Crippen LogP contribution in [0.4, 0.5) is 0 Å². The van der Waals surface area contributed by atoms with Crippen LogP contribution in [0.1, 0.15) is 343 Å². The van der Waals surface area contributed by atoms with Gasteiger partial charge in [-0.1, -0.05) is 292 Å². The van der Waals surface area contributed by atoms with Gasteiger partial charge in [0, 0.05) is 25.7 Å². The number of phosphoric acid groups is 2. The van der Waals surface area contributed by atoms with Gasteiger partial charge in [-0.2, -0.15) is 0 Å². The zero-order valence-electron chi connectivity index (χ0n) is 56.3. The minimum absolute atomic E-state index is 0.105. The Morgan fingerprint density at radius 3 is 0.874 bits per heavy atom. The fourth-order valence-electron chi connectivity index (χ4n) is 10.2. The van der Waals surface area contributed by atoms with Crippen LogP contribution < -0.4 is 0 Å². The Kier molecular flexibility index (Phi) is 59.0. The summed E-state index contributed by atoms with van der Waals surface area (Å²) in [6.07, 6.45) is 44.3. The molecule has 516 valence electrons. The highest BCUT2D eigenvalue weighted by molar-refractivity contribution is 7.47. The van der Waals surface area contributed by atoms with Gasteiger partial charge >= 0.3 is 39.5 Å². The smallest absolute Gasteiger partial charge is 0.462 e. The molecule has 0 aromatic heterocycles. The van der Waals surface area contributed by atoms with E-state index in [1.165, 1.54) is 161 Å². The summed E-state index contributed by atoms with van der Waals surface area (Å²) in [5, 5.41) is 10.6. The minimum atomic E-state index is -4.95. The molecule has 3 unspecified atom stereocenters. The first-order valence-electron chi connectivity index (χ1n) is 35.5. The van der Waals surface area contributed by atoms with Crippen molar-refractivity contribution >= 4 is 39.5 Å². The van der Waals surface area contributed by atoms with Crippen molar-refractivity contribution in [2.75, 3.05) is 39.6 Å². The molecular formula is C68H132O17P2. The highest BCUT2D eigenvalue weighted by Crippen LogP contribution is 2.45. The van der Waals surface area contributed by atoms with Crippen LogP contribution >= 0.6 is 15.6 Å². The van der Waals surface area contributed by atoms with Crippen molar-refractivity contribution < 1.29 is 80.2 Å². The molecule has 17 nitrogen and oxygen atoms in total. The van der Waals surface area contributed by atoms with Crippen molar-refractivity contribution in [1.29, 1.82) is 0 Å². The lowest BCUT2D eigenvalue weighted by Crippen LogP contribution is -2.30. The largest absolute Gasteiger partial charge is 0.472 e. The lowest BCUT2D eigenvalue weighted by Gasteiger charge is -2.21. The van der Waals surface area contributed by atoms with E-state index in [1.807, 2.05) is 0 Å². The number of rotatable bonds is 67. The lowest BCUT2D eigenvalue weighted by molar-refractivity contribution is -0.161. The molecule has 0 aromatic rings. The summed E-state index contributed by atoms with van der Waals surface area (Å²) in [5.74, 6) is -0.614. The molecule has 0 aromatic carbocycles. The van der Waals surface area contributed by atoms with Gasteiger partial charge in [-0.15, -0.1) is 0 Å². The summed E-state index contributed by atoms with van der Waals surface area (Å²) in [6, 6.07) is 0. The van der Waals surface area contributed by atoms with Crippen LogP contribution in [0.2, 0.25) is 0 Å². The van der Waals surface area contributed by atoms with E-state index in [1.54, 1.807) is 0 Å². The third-order valence-electron chi connectivity index (χ3n) is 16.1. The van der Waals surface area contributed by atoms with E-state index in [-0.39, 0.29) is 25.7 Å². The van der Waals surface area contributed by atoms with Crippen molar-refractivity contribution in [1.82, 2.24) is 0 Å². The molecular weight excluding hydrogens is 1150 g/mol. The number of unbranched alkanes of at least 4 members (excludes halogenated alkanes) is 36. The maximum Gasteiger partial charge on any atom is 0.472 e. The SMILES string of the molecule is CCCCCCCCCCCCCCCCC(=O)O[C@H](COC(=O)CCCCCCCCCCCC(C)C)COP(=O)(O)OC[C@@H](O)COP(=O)(O)OC[C@@H](COC(=O)CCCCCCCCCCC)OC(=O)CCCCCCCCCCC(C)CC. The van der Waals surface area contributed by atoms with Gasteiger partial charge in [0.15, 0.2) is 12.2 Å². The van der Waals surface area contributed by atoms with Crippen LogP contribution in [0.25, 0.3) is 0 Å². The average Bonchev–Trinajstić information content (AvgIpc) is 3.58. The van der Waals surface area contributed by atoms with Crippen LogP contribution in [0.15, 0.2) is 0 Å². The monoisotopic (exact) mass is 1280 g/mol. The Bertz CT molecular complexity index is 1700. The fraction of sp³-hybridized carbons (Fsp3) is 0.941. The number of hydrogen-bond donors (Lipinski definition) is 3. The molecule has 19 heteroatoms. The first-order valence-corrected chi connectivity index (χ1v) is 38.5. The van der Waals surface area contributed by atoms with E-state index in [2.05, 4.69) is 41.5 Å². The van der Waals surface area contributed by atoms with Gasteiger partial charge in [-0.25, -0.2) is 9.13 Å². The van der Waals surface area contributed by atoms with Gasteiger partial charge in [0.25, 0.3) is 0 Å². The summed E-state index contributed by atoms with van der Waals surface area (Å²) in [5.41, 5.74) is 0. The zero-order valence-corrected chi connectivity index (χ0v) is 58.1. The van der Waals surface area contributed by atoms with E-state index < -0.39 is 97.5 Å². The lowest BCUT2D eigenvalue weighted by atomic mass is 9.99. The molecule has 0 saturated heterocycles. The molecule has 0 aliphatic carbocycles. The third kappa shape index (κ3) is 61.3. The summed E-state index contributed by atoms with van der Waals surface area (Å²) in [4.78, 5) is 72.4. The Labute approximate surface area is 530 Å². The van der Waals surface area contributed by atoms with Gasteiger partial charge in [0.05, 0.1) is 26.4 Å². The van der Waals surface area contributed by atoms with Gasteiger partial charge in [0.1, 0.15) is 19.3 Å². The van der Waals surface area contributed by atoms with E-state index in [4.69, 9.17) is 37.0 Å². The van der Waals surface area contributed by atoms with Crippen LogP contribution in [-0.4, -0.2) is 96.7 Å². The highest BCUT2D eigenvalue weighted by Gasteiger charge is 2.30. The molecule has 0 aliphatic rings. The molecule has 0 fully saturated rings. The average molecular weight is 1280 g/mol. The number of carbonyl (C=O) groups is 4. The van der Waals surface area contributed by atoms with E-state index in [9.17, 15) is 43.2 Å². The number of hydrogen-bond acceptors (Lipinski definition) is 15. The second-order valence-electron chi connectivity index (χ2n) is 25.3. The van der Waals surface area contributed by atoms with E-state index in [0.29, 0.717) is 25.7 Å². The fourth-order valence-corrected chi connectivity index (χ4v) is 11.8. The van der Waals surface area contributed by atoms with Crippen molar-refractivity contribution in [2.24, 2.45) is 11.8 Å². The molecule has 87 heavy (non-hydrogen) atoms. The van der Waals surface area contributed by atoms with E-state index >= 15 is 0 Å². The number of esters is 4. The molecule has 6 atom stereocenters. The maximum atomic E-state index is 13.0.